The number of morpholine rings is 1. The lowest BCUT2D eigenvalue weighted by Gasteiger charge is -2.36. The lowest BCUT2D eigenvalue weighted by Crippen LogP contribution is -2.41. The van der Waals surface area contributed by atoms with Gasteiger partial charge in [0.2, 0.25) is 0 Å². The number of aromatic nitrogens is 1. The molecule has 1 atom stereocenters. The topological polar surface area (TPSA) is 85.9 Å². The number of hydrogen-bond acceptors (Lipinski definition) is 5. The molecule has 9 heteroatoms. The number of aryl methyl sites for hydroxylation is 2. The minimum absolute atomic E-state index is 0.148. The minimum atomic E-state index is -0.375. The molecule has 4 rings (SSSR count). The maximum atomic E-state index is 13.5. The summed E-state index contributed by atoms with van der Waals surface area (Å²) in [5.41, 5.74) is 3.72. The molecule has 0 spiro atoms. The number of H-pyrrole nitrogens is 1. The summed E-state index contributed by atoms with van der Waals surface area (Å²) in [4.78, 5) is 32.5. The van der Waals surface area contributed by atoms with Gasteiger partial charge in [-0.1, -0.05) is 23.2 Å². The number of amides is 1. The molecule has 1 amide bonds. The number of nitrogens with zero attached hydrogens (tertiary/aromatic N) is 2. The van der Waals surface area contributed by atoms with Gasteiger partial charge in [-0.15, -0.1) is 0 Å². The van der Waals surface area contributed by atoms with Gasteiger partial charge in [-0.25, -0.2) is 0 Å². The molecule has 7 nitrogen and oxygen atoms in total. The van der Waals surface area contributed by atoms with Crippen LogP contribution < -0.4 is 5.56 Å². The second kappa shape index (κ2) is 9.53. The van der Waals surface area contributed by atoms with Gasteiger partial charge in [0.15, 0.2) is 0 Å². The number of aliphatic hydroxyl groups is 1. The van der Waals surface area contributed by atoms with Crippen molar-refractivity contribution in [2.75, 3.05) is 39.5 Å². The number of rotatable bonds is 5. The Bertz CT molecular complexity index is 1100. The van der Waals surface area contributed by atoms with Crippen molar-refractivity contribution in [3.63, 3.8) is 0 Å². The standard InChI is InChI=1S/C23H27Cl2N3O4/c1-13-9-14(2)26-22(30)17(13)11-28-4-3-15-18(24)10-16(21(25)20(15)23(28)31)19(12-29)27-5-7-32-8-6-27/h9-10,19,29H,3-8,11-12H2,1-2H3,(H,26,30). The highest BCUT2D eigenvalue weighted by molar-refractivity contribution is 6.37. The van der Waals surface area contributed by atoms with Gasteiger partial charge in [0.1, 0.15) is 0 Å². The Kier molecular flexibility index (Phi) is 6.93. The van der Waals surface area contributed by atoms with Crippen LogP contribution in [0.5, 0.6) is 0 Å². The van der Waals surface area contributed by atoms with Gasteiger partial charge in [0.05, 0.1) is 43.0 Å². The zero-order valence-electron chi connectivity index (χ0n) is 18.2. The molecule has 2 aromatic rings. The van der Waals surface area contributed by atoms with Crippen molar-refractivity contribution in [2.24, 2.45) is 0 Å². The number of ether oxygens (including phenoxy) is 1. The molecule has 172 valence electrons. The molecule has 1 aromatic carbocycles. The zero-order valence-corrected chi connectivity index (χ0v) is 19.7. The average Bonchev–Trinajstić information content (AvgIpc) is 2.76. The lowest BCUT2D eigenvalue weighted by molar-refractivity contribution is 0.00257. The predicted molar refractivity (Wildman–Crippen MR) is 124 cm³/mol. The Balaban J connectivity index is 1.70. The van der Waals surface area contributed by atoms with Crippen LogP contribution in [0, 0.1) is 13.8 Å². The number of nitrogens with one attached hydrogen (secondary N) is 1. The number of aromatic amines is 1. The molecule has 0 bridgehead atoms. The summed E-state index contributed by atoms with van der Waals surface area (Å²) in [6.07, 6.45) is 0.546. The summed E-state index contributed by atoms with van der Waals surface area (Å²) >= 11 is 13.4. The van der Waals surface area contributed by atoms with E-state index >= 15 is 0 Å². The summed E-state index contributed by atoms with van der Waals surface area (Å²) < 4.78 is 5.42. The molecule has 2 aliphatic heterocycles. The predicted octanol–water partition coefficient (Wildman–Crippen LogP) is 2.86. The SMILES string of the molecule is Cc1cc(C)c(CN2CCc3c(Cl)cc(C(CO)N4CCOCC4)c(Cl)c3C2=O)c(=O)[nH]1. The molecule has 1 unspecified atom stereocenters. The third kappa shape index (κ3) is 4.32. The lowest BCUT2D eigenvalue weighted by atomic mass is 9.93. The van der Waals surface area contributed by atoms with Crippen LogP contribution in [-0.2, 0) is 17.7 Å². The molecule has 0 saturated carbocycles. The fourth-order valence-corrected chi connectivity index (χ4v) is 5.30. The molecule has 2 aliphatic rings. The largest absolute Gasteiger partial charge is 0.394 e. The van der Waals surface area contributed by atoms with Gasteiger partial charge in [-0.2, -0.15) is 0 Å². The van der Waals surface area contributed by atoms with E-state index in [1.54, 1.807) is 11.0 Å². The van der Waals surface area contributed by atoms with Crippen LogP contribution in [0.2, 0.25) is 10.0 Å². The molecule has 1 fully saturated rings. The van der Waals surface area contributed by atoms with Gasteiger partial charge in [-0.05, 0) is 49.1 Å². The first-order chi connectivity index (χ1) is 15.3. The number of carbonyl (C=O) groups excluding carboxylic acids is 1. The van der Waals surface area contributed by atoms with Crippen molar-refractivity contribution in [1.29, 1.82) is 0 Å². The Labute approximate surface area is 196 Å². The molecule has 3 heterocycles. The van der Waals surface area contributed by atoms with Gasteiger partial charge >= 0.3 is 0 Å². The monoisotopic (exact) mass is 479 g/mol. The van der Waals surface area contributed by atoms with Gasteiger partial charge in [0.25, 0.3) is 11.5 Å². The normalized spacial score (nSPS) is 18.0. The van der Waals surface area contributed by atoms with Crippen molar-refractivity contribution in [3.05, 3.63) is 66.0 Å². The van der Waals surface area contributed by atoms with E-state index in [9.17, 15) is 14.7 Å². The van der Waals surface area contributed by atoms with Crippen molar-refractivity contribution >= 4 is 29.1 Å². The first kappa shape index (κ1) is 23.3. The smallest absolute Gasteiger partial charge is 0.256 e. The highest BCUT2D eigenvalue weighted by Gasteiger charge is 2.33. The van der Waals surface area contributed by atoms with Crippen LogP contribution >= 0.6 is 23.2 Å². The summed E-state index contributed by atoms with van der Waals surface area (Å²) in [7, 11) is 0. The molecule has 1 aromatic heterocycles. The van der Waals surface area contributed by atoms with Crippen LogP contribution in [0.25, 0.3) is 0 Å². The second-order valence-electron chi connectivity index (χ2n) is 8.38. The minimum Gasteiger partial charge on any atom is -0.394 e. The van der Waals surface area contributed by atoms with E-state index < -0.39 is 0 Å². The summed E-state index contributed by atoms with van der Waals surface area (Å²) in [5.74, 6) is -0.252. The molecular formula is C23H27Cl2N3O4. The third-order valence-corrected chi connectivity index (χ3v) is 7.08. The highest BCUT2D eigenvalue weighted by Crippen LogP contribution is 2.39. The first-order valence-corrected chi connectivity index (χ1v) is 11.5. The van der Waals surface area contributed by atoms with E-state index in [0.29, 0.717) is 66.0 Å². The van der Waals surface area contributed by atoms with Crippen LogP contribution in [0.3, 0.4) is 0 Å². The quantitative estimate of drug-likeness (QED) is 0.688. The van der Waals surface area contributed by atoms with Gasteiger partial charge in [0, 0.05) is 35.9 Å². The van der Waals surface area contributed by atoms with Gasteiger partial charge in [-0.3, -0.25) is 14.5 Å². The number of benzene rings is 1. The molecule has 32 heavy (non-hydrogen) atoms. The Hall–Kier alpha value is -1.90. The molecule has 0 radical (unpaired) electrons. The zero-order chi connectivity index (χ0) is 23.0. The van der Waals surface area contributed by atoms with E-state index in [1.807, 2.05) is 19.9 Å². The van der Waals surface area contributed by atoms with Crippen molar-refractivity contribution in [1.82, 2.24) is 14.8 Å². The van der Waals surface area contributed by atoms with Crippen molar-refractivity contribution in [3.8, 4) is 0 Å². The van der Waals surface area contributed by atoms with Crippen molar-refractivity contribution in [2.45, 2.75) is 32.9 Å². The average molecular weight is 480 g/mol. The summed E-state index contributed by atoms with van der Waals surface area (Å²) in [6, 6.07) is 3.30. The molecule has 2 N–H and O–H groups in total. The van der Waals surface area contributed by atoms with E-state index in [4.69, 9.17) is 27.9 Å². The third-order valence-electron chi connectivity index (χ3n) is 6.34. The van der Waals surface area contributed by atoms with E-state index in [0.717, 1.165) is 16.8 Å². The number of hydrogen-bond donors (Lipinski definition) is 2. The fourth-order valence-electron chi connectivity index (χ4n) is 4.62. The maximum Gasteiger partial charge on any atom is 0.256 e. The van der Waals surface area contributed by atoms with Crippen LogP contribution in [-0.4, -0.2) is 65.3 Å². The van der Waals surface area contributed by atoms with Crippen molar-refractivity contribution < 1.29 is 14.6 Å². The van der Waals surface area contributed by atoms with E-state index in [-0.39, 0.29) is 30.7 Å². The highest BCUT2D eigenvalue weighted by atomic mass is 35.5. The fraction of sp³-hybridized carbons (Fsp3) is 0.478. The number of aliphatic hydroxyl groups excluding tert-OH is 1. The first-order valence-electron chi connectivity index (χ1n) is 10.7. The Morgan fingerprint density at radius 1 is 1.16 bits per heavy atom. The summed E-state index contributed by atoms with van der Waals surface area (Å²) in [6.45, 7) is 6.66. The number of carbonyl (C=O) groups is 1. The molecular weight excluding hydrogens is 453 g/mol. The Morgan fingerprint density at radius 2 is 1.88 bits per heavy atom. The van der Waals surface area contributed by atoms with Gasteiger partial charge < -0.3 is 19.7 Å². The number of fused-ring (bicyclic) bond motifs is 1. The van der Waals surface area contributed by atoms with Crippen LogP contribution in [0.15, 0.2) is 16.9 Å². The van der Waals surface area contributed by atoms with E-state index in [1.165, 1.54) is 0 Å². The van der Waals surface area contributed by atoms with E-state index in [2.05, 4.69) is 9.88 Å². The summed E-state index contributed by atoms with van der Waals surface area (Å²) in [5, 5.41) is 10.9. The van der Waals surface area contributed by atoms with Crippen LogP contribution in [0.1, 0.15) is 44.3 Å². The van der Waals surface area contributed by atoms with Crippen LogP contribution in [0.4, 0.5) is 0 Å². The second-order valence-corrected chi connectivity index (χ2v) is 9.17. The number of halogens is 2. The molecule has 1 saturated heterocycles. The maximum absolute atomic E-state index is 13.5. The molecule has 0 aliphatic carbocycles. The number of pyridine rings is 1. The Morgan fingerprint density at radius 3 is 2.53 bits per heavy atom.